The molecule has 0 aliphatic heterocycles. The predicted molar refractivity (Wildman–Crippen MR) is 162 cm³/mol. The number of sulfone groups is 1. The maximum atomic E-state index is 13.3. The molecule has 0 saturated heterocycles. The van der Waals surface area contributed by atoms with Crippen molar-refractivity contribution in [1.29, 1.82) is 0 Å². The van der Waals surface area contributed by atoms with Crippen molar-refractivity contribution >= 4 is 32.8 Å². The largest absolute Gasteiger partial charge is 0.494 e. The minimum atomic E-state index is -3.77. The Labute approximate surface area is 247 Å². The number of rotatable bonds is 17. The van der Waals surface area contributed by atoms with Crippen molar-refractivity contribution < 1.29 is 33.6 Å². The van der Waals surface area contributed by atoms with Crippen LogP contribution in [0, 0.1) is 26.2 Å². The molecule has 6 N–H and O–H groups in total. The van der Waals surface area contributed by atoms with E-state index in [4.69, 9.17) is 11.2 Å². The van der Waals surface area contributed by atoms with Crippen molar-refractivity contribution in [2.24, 2.45) is 10.2 Å². The van der Waals surface area contributed by atoms with E-state index in [1.54, 1.807) is 38.7 Å². The standard InChI is InChI=1S/C28H42N6O7S/c1-7-22-21(5)26(28(30-9-12-36)31-27(22)29-8-11-35)33-32-23-14-18(2)25(15-24(23)41-6)42(39,40)13-10-34(16-19(3)37)17-20(4)38/h1,14-15,19-20,35-38H,8-13,16-17H2,2-6H3,(H2,29,30,31)/b33-32+. The summed E-state index contributed by atoms with van der Waals surface area (Å²) in [6.45, 7) is 7.30. The zero-order valence-corrected chi connectivity index (χ0v) is 25.6. The molecule has 2 rings (SSSR count). The fraction of sp³-hybridized carbons (Fsp3) is 0.536. The molecule has 2 aromatic rings. The van der Waals surface area contributed by atoms with E-state index < -0.39 is 22.0 Å². The molecule has 0 fully saturated rings. The number of terminal acetylenes is 1. The molecule has 2 unspecified atom stereocenters. The molecule has 0 bridgehead atoms. The van der Waals surface area contributed by atoms with E-state index in [2.05, 4.69) is 31.8 Å². The average molecular weight is 607 g/mol. The summed E-state index contributed by atoms with van der Waals surface area (Å²) in [5, 5.41) is 52.7. The van der Waals surface area contributed by atoms with Gasteiger partial charge in [0.25, 0.3) is 0 Å². The molecule has 0 radical (unpaired) electrons. The first kappa shape index (κ1) is 34.9. The molecule has 2 atom stereocenters. The fourth-order valence-corrected chi connectivity index (χ4v) is 5.85. The highest BCUT2D eigenvalue weighted by atomic mass is 32.2. The molecule has 14 heteroatoms. The first-order valence-electron chi connectivity index (χ1n) is 13.5. The van der Waals surface area contributed by atoms with Gasteiger partial charge in [0.05, 0.1) is 48.7 Å². The third-order valence-corrected chi connectivity index (χ3v) is 7.99. The summed E-state index contributed by atoms with van der Waals surface area (Å²) in [5.74, 6) is 3.21. The maximum absolute atomic E-state index is 13.3. The monoisotopic (exact) mass is 606 g/mol. The number of anilines is 2. The Morgan fingerprint density at radius 1 is 1.05 bits per heavy atom. The first-order chi connectivity index (χ1) is 19.9. The van der Waals surface area contributed by atoms with Gasteiger partial charge in [0, 0.05) is 38.8 Å². The van der Waals surface area contributed by atoms with Gasteiger partial charge in [-0.3, -0.25) is 4.90 Å². The Bertz CT molecular complexity index is 1360. The highest BCUT2D eigenvalue weighted by Crippen LogP contribution is 2.38. The van der Waals surface area contributed by atoms with E-state index in [1.807, 2.05) is 0 Å². The molecule has 1 heterocycles. The van der Waals surface area contributed by atoms with Gasteiger partial charge in [0.15, 0.2) is 15.7 Å². The molecule has 13 nitrogen and oxygen atoms in total. The van der Waals surface area contributed by atoms with E-state index >= 15 is 0 Å². The van der Waals surface area contributed by atoms with Crippen molar-refractivity contribution in [2.45, 2.75) is 44.8 Å². The zero-order chi connectivity index (χ0) is 31.4. The summed E-state index contributed by atoms with van der Waals surface area (Å²) < 4.78 is 32.1. The molecule has 0 saturated carbocycles. The Morgan fingerprint density at radius 2 is 1.64 bits per heavy atom. The fourth-order valence-electron chi connectivity index (χ4n) is 4.29. The van der Waals surface area contributed by atoms with Crippen LogP contribution in [0.4, 0.5) is 23.0 Å². The van der Waals surface area contributed by atoms with Crippen molar-refractivity contribution in [3.63, 3.8) is 0 Å². The van der Waals surface area contributed by atoms with Gasteiger partial charge in [-0.25, -0.2) is 13.4 Å². The number of methoxy groups -OCH3 is 1. The number of pyridine rings is 1. The van der Waals surface area contributed by atoms with Gasteiger partial charge in [-0.2, -0.15) is 0 Å². The number of aliphatic hydroxyl groups is 4. The SMILES string of the molecule is C#Cc1c(NCCO)nc(NCCO)c(/N=N/c2cc(C)c(S(=O)(=O)CCN(CC(C)O)CC(C)O)cc2OC)c1C. The van der Waals surface area contributed by atoms with E-state index in [9.17, 15) is 28.8 Å². The van der Waals surface area contributed by atoms with Crippen molar-refractivity contribution in [3.8, 4) is 18.1 Å². The van der Waals surface area contributed by atoms with Gasteiger partial charge in [-0.15, -0.1) is 16.7 Å². The van der Waals surface area contributed by atoms with Crippen LogP contribution >= 0.6 is 0 Å². The number of aryl methyl sites for hydroxylation is 1. The number of aliphatic hydroxyl groups excluding tert-OH is 4. The molecule has 0 aliphatic rings. The topological polar surface area (TPSA) is 189 Å². The van der Waals surface area contributed by atoms with Crippen LogP contribution in [0.5, 0.6) is 5.75 Å². The number of aromatic nitrogens is 1. The van der Waals surface area contributed by atoms with Crippen molar-refractivity contribution in [3.05, 3.63) is 28.8 Å². The third kappa shape index (κ3) is 9.62. The lowest BCUT2D eigenvalue weighted by Crippen LogP contribution is -2.39. The number of ether oxygens (including phenoxy) is 1. The molecular formula is C28H42N6O7S. The van der Waals surface area contributed by atoms with E-state index in [1.165, 1.54) is 13.2 Å². The molecule has 0 amide bonds. The normalized spacial score (nSPS) is 13.3. The van der Waals surface area contributed by atoms with Gasteiger partial charge in [-0.1, -0.05) is 5.92 Å². The van der Waals surface area contributed by atoms with Crippen molar-refractivity contribution in [2.75, 3.05) is 69.4 Å². The maximum Gasteiger partial charge on any atom is 0.180 e. The van der Waals surface area contributed by atoms with Gasteiger partial charge in [0.1, 0.15) is 22.9 Å². The molecule has 1 aromatic heterocycles. The summed E-state index contributed by atoms with van der Waals surface area (Å²) in [7, 11) is -2.37. The van der Waals surface area contributed by atoms with Crippen LogP contribution in [0.1, 0.15) is 30.5 Å². The number of nitrogens with one attached hydrogen (secondary N) is 2. The summed E-state index contributed by atoms with van der Waals surface area (Å²) in [6, 6.07) is 2.96. The minimum absolute atomic E-state index is 0.0735. The van der Waals surface area contributed by atoms with E-state index in [0.29, 0.717) is 34.0 Å². The summed E-state index contributed by atoms with van der Waals surface area (Å²) in [6.07, 6.45) is 4.37. The Morgan fingerprint density at radius 3 is 2.17 bits per heavy atom. The van der Waals surface area contributed by atoms with E-state index in [-0.39, 0.29) is 68.0 Å². The number of hydrogen-bond donors (Lipinski definition) is 6. The molecule has 1 aromatic carbocycles. The van der Waals surface area contributed by atoms with Gasteiger partial charge >= 0.3 is 0 Å². The zero-order valence-electron chi connectivity index (χ0n) is 24.8. The van der Waals surface area contributed by atoms with E-state index in [0.717, 1.165) is 0 Å². The minimum Gasteiger partial charge on any atom is -0.494 e. The molecular weight excluding hydrogens is 564 g/mol. The first-order valence-corrected chi connectivity index (χ1v) is 15.2. The highest BCUT2D eigenvalue weighted by Gasteiger charge is 2.23. The number of benzene rings is 1. The Kier molecular flexibility index (Phi) is 13.6. The predicted octanol–water partition coefficient (Wildman–Crippen LogP) is 1.75. The van der Waals surface area contributed by atoms with Crippen LogP contribution in [0.3, 0.4) is 0 Å². The highest BCUT2D eigenvalue weighted by molar-refractivity contribution is 7.91. The summed E-state index contributed by atoms with van der Waals surface area (Å²) in [5.41, 5.74) is 2.03. The smallest absolute Gasteiger partial charge is 0.180 e. The van der Waals surface area contributed by atoms with Crippen molar-refractivity contribution in [1.82, 2.24) is 9.88 Å². The van der Waals surface area contributed by atoms with Crippen LogP contribution in [-0.4, -0.2) is 110 Å². The number of nitrogens with zero attached hydrogens (tertiary/aromatic N) is 4. The molecule has 232 valence electrons. The van der Waals surface area contributed by atoms with Crippen LogP contribution in [0.25, 0.3) is 0 Å². The van der Waals surface area contributed by atoms with Gasteiger partial charge in [0.2, 0.25) is 0 Å². The van der Waals surface area contributed by atoms with Crippen LogP contribution in [0.15, 0.2) is 27.3 Å². The summed E-state index contributed by atoms with van der Waals surface area (Å²) >= 11 is 0. The quantitative estimate of drug-likeness (QED) is 0.114. The second-order valence-corrected chi connectivity index (χ2v) is 11.9. The summed E-state index contributed by atoms with van der Waals surface area (Å²) in [4.78, 5) is 6.26. The number of azo groups is 1. The lowest BCUT2D eigenvalue weighted by atomic mass is 10.1. The van der Waals surface area contributed by atoms with Crippen LogP contribution in [0.2, 0.25) is 0 Å². The van der Waals surface area contributed by atoms with Crippen LogP contribution < -0.4 is 15.4 Å². The average Bonchev–Trinajstić information content (AvgIpc) is 2.92. The molecule has 0 aliphatic carbocycles. The van der Waals surface area contributed by atoms with Crippen LogP contribution in [-0.2, 0) is 9.84 Å². The molecule has 0 spiro atoms. The Balaban J connectivity index is 2.47. The Hall–Kier alpha value is -3.32. The number of hydrogen-bond acceptors (Lipinski definition) is 13. The third-order valence-electron chi connectivity index (χ3n) is 6.16. The molecule has 42 heavy (non-hydrogen) atoms. The second-order valence-electron chi connectivity index (χ2n) is 9.87. The van der Waals surface area contributed by atoms with Gasteiger partial charge < -0.3 is 35.8 Å². The second kappa shape index (κ2) is 16.4. The lowest BCUT2D eigenvalue weighted by Gasteiger charge is -2.25. The van der Waals surface area contributed by atoms with Gasteiger partial charge in [-0.05, 0) is 44.9 Å². The lowest BCUT2D eigenvalue weighted by molar-refractivity contribution is 0.0873.